The summed E-state index contributed by atoms with van der Waals surface area (Å²) in [5, 5.41) is 9.41. The Labute approximate surface area is 174 Å². The lowest BCUT2D eigenvalue weighted by Crippen LogP contribution is -2.20. The Hall–Kier alpha value is -3.94. The van der Waals surface area contributed by atoms with Gasteiger partial charge in [0.05, 0.1) is 11.1 Å². The Morgan fingerprint density at radius 1 is 1.03 bits per heavy atom. The second-order valence-corrected chi connectivity index (χ2v) is 6.91. The Morgan fingerprint density at radius 3 is 2.55 bits per heavy atom. The number of alkyl halides is 3. The van der Waals surface area contributed by atoms with E-state index in [1.54, 1.807) is 47.0 Å². The lowest BCUT2D eigenvalue weighted by atomic mass is 9.97. The van der Waals surface area contributed by atoms with Gasteiger partial charge in [0.2, 0.25) is 5.43 Å². The third kappa shape index (κ3) is 3.92. The summed E-state index contributed by atoms with van der Waals surface area (Å²) in [6.07, 6.45) is -1.84. The SMILES string of the molecule is O=C(O)c1cn(Cc2ccccc2-c2cccc(C(F)(F)F)c2)c2cccnc2c1=O. The third-order valence-electron chi connectivity index (χ3n) is 4.93. The smallest absolute Gasteiger partial charge is 0.416 e. The Balaban J connectivity index is 1.87. The molecular weight excluding hydrogens is 409 g/mol. The number of pyridine rings is 2. The Bertz CT molecular complexity index is 1360. The van der Waals surface area contributed by atoms with E-state index in [0.29, 0.717) is 22.2 Å². The van der Waals surface area contributed by atoms with Gasteiger partial charge in [-0.2, -0.15) is 13.2 Å². The van der Waals surface area contributed by atoms with E-state index >= 15 is 0 Å². The molecule has 0 bridgehead atoms. The van der Waals surface area contributed by atoms with Gasteiger partial charge in [-0.1, -0.05) is 36.4 Å². The molecule has 2 aromatic carbocycles. The second-order valence-electron chi connectivity index (χ2n) is 6.91. The summed E-state index contributed by atoms with van der Waals surface area (Å²) in [5.74, 6) is -1.38. The van der Waals surface area contributed by atoms with Gasteiger partial charge in [0.15, 0.2) is 0 Å². The van der Waals surface area contributed by atoms with E-state index < -0.39 is 28.7 Å². The first kappa shape index (κ1) is 20.3. The van der Waals surface area contributed by atoms with E-state index in [-0.39, 0.29) is 12.1 Å². The summed E-state index contributed by atoms with van der Waals surface area (Å²) in [7, 11) is 0. The molecule has 0 aliphatic heterocycles. The topological polar surface area (TPSA) is 72.2 Å². The van der Waals surface area contributed by atoms with Crippen molar-refractivity contribution in [1.82, 2.24) is 9.55 Å². The van der Waals surface area contributed by atoms with Crippen molar-refractivity contribution in [3.05, 3.63) is 100.0 Å². The molecule has 0 saturated carbocycles. The molecule has 0 radical (unpaired) electrons. The van der Waals surface area contributed by atoms with Gasteiger partial charge in [0, 0.05) is 18.9 Å². The van der Waals surface area contributed by atoms with Crippen LogP contribution in [0, 0.1) is 0 Å². The number of carboxylic acids is 1. The highest BCUT2D eigenvalue weighted by Gasteiger charge is 2.30. The molecule has 8 heteroatoms. The van der Waals surface area contributed by atoms with E-state index in [4.69, 9.17) is 0 Å². The number of nitrogens with zero attached hydrogens (tertiary/aromatic N) is 2. The molecule has 0 aliphatic rings. The zero-order valence-corrected chi connectivity index (χ0v) is 15.9. The molecule has 0 aliphatic carbocycles. The minimum Gasteiger partial charge on any atom is -0.477 e. The maximum absolute atomic E-state index is 13.2. The molecule has 31 heavy (non-hydrogen) atoms. The van der Waals surface area contributed by atoms with Crippen molar-refractivity contribution in [2.75, 3.05) is 0 Å². The van der Waals surface area contributed by atoms with Crippen LogP contribution >= 0.6 is 0 Å². The summed E-state index contributed by atoms with van der Waals surface area (Å²) in [5.41, 5.74) is 0.176. The van der Waals surface area contributed by atoms with Crippen LogP contribution in [0.5, 0.6) is 0 Å². The molecule has 0 spiro atoms. The summed E-state index contributed by atoms with van der Waals surface area (Å²) in [6.45, 7) is 0.134. The maximum atomic E-state index is 13.2. The van der Waals surface area contributed by atoms with Crippen molar-refractivity contribution in [1.29, 1.82) is 0 Å². The van der Waals surface area contributed by atoms with Gasteiger partial charge in [-0.3, -0.25) is 9.78 Å². The van der Waals surface area contributed by atoms with Crippen LogP contribution in [0.2, 0.25) is 0 Å². The lowest BCUT2D eigenvalue weighted by molar-refractivity contribution is -0.137. The van der Waals surface area contributed by atoms with Crippen molar-refractivity contribution in [2.45, 2.75) is 12.7 Å². The maximum Gasteiger partial charge on any atom is 0.416 e. The predicted molar refractivity (Wildman–Crippen MR) is 109 cm³/mol. The molecule has 2 aromatic heterocycles. The van der Waals surface area contributed by atoms with E-state index in [1.807, 2.05) is 0 Å². The van der Waals surface area contributed by atoms with Crippen molar-refractivity contribution >= 4 is 17.0 Å². The number of rotatable bonds is 4. The number of halogens is 3. The molecule has 2 heterocycles. The van der Waals surface area contributed by atoms with Gasteiger partial charge in [0.25, 0.3) is 0 Å². The average molecular weight is 424 g/mol. The second kappa shape index (κ2) is 7.71. The molecule has 156 valence electrons. The zero-order chi connectivity index (χ0) is 22.2. The summed E-state index contributed by atoms with van der Waals surface area (Å²) < 4.78 is 41.1. The monoisotopic (exact) mass is 424 g/mol. The van der Waals surface area contributed by atoms with Crippen LogP contribution in [0.1, 0.15) is 21.5 Å². The van der Waals surface area contributed by atoms with Crippen LogP contribution in [0.15, 0.2) is 77.9 Å². The third-order valence-corrected chi connectivity index (χ3v) is 4.93. The summed E-state index contributed by atoms with van der Waals surface area (Å²) in [4.78, 5) is 28.0. The molecule has 0 amide bonds. The molecular formula is C23H15F3N2O3. The van der Waals surface area contributed by atoms with Gasteiger partial charge < -0.3 is 9.67 Å². The minimum atomic E-state index is -4.47. The average Bonchev–Trinajstić information content (AvgIpc) is 2.75. The van der Waals surface area contributed by atoms with Crippen LogP contribution in [-0.2, 0) is 12.7 Å². The van der Waals surface area contributed by atoms with E-state index in [2.05, 4.69) is 4.98 Å². The van der Waals surface area contributed by atoms with Crippen molar-refractivity contribution in [3.8, 4) is 11.1 Å². The van der Waals surface area contributed by atoms with Crippen LogP contribution in [-0.4, -0.2) is 20.6 Å². The number of benzene rings is 2. The van der Waals surface area contributed by atoms with E-state index in [1.165, 1.54) is 18.5 Å². The zero-order valence-electron chi connectivity index (χ0n) is 15.9. The molecule has 0 atom stereocenters. The number of fused-ring (bicyclic) bond motifs is 1. The number of aromatic nitrogens is 2. The largest absolute Gasteiger partial charge is 0.477 e. The van der Waals surface area contributed by atoms with Crippen molar-refractivity contribution in [2.24, 2.45) is 0 Å². The van der Waals surface area contributed by atoms with Crippen molar-refractivity contribution in [3.63, 3.8) is 0 Å². The molecule has 0 unspecified atom stereocenters. The summed E-state index contributed by atoms with van der Waals surface area (Å²) >= 11 is 0. The fraction of sp³-hybridized carbons (Fsp3) is 0.0870. The number of carbonyl (C=O) groups is 1. The van der Waals surface area contributed by atoms with Crippen LogP contribution in [0.4, 0.5) is 13.2 Å². The molecule has 4 rings (SSSR count). The number of aromatic carboxylic acids is 1. The Morgan fingerprint density at radius 2 is 1.81 bits per heavy atom. The van der Waals surface area contributed by atoms with Crippen LogP contribution < -0.4 is 5.43 Å². The van der Waals surface area contributed by atoms with E-state index in [9.17, 15) is 27.9 Å². The van der Waals surface area contributed by atoms with Gasteiger partial charge >= 0.3 is 12.1 Å². The van der Waals surface area contributed by atoms with Crippen molar-refractivity contribution < 1.29 is 23.1 Å². The molecule has 0 saturated heterocycles. The lowest BCUT2D eigenvalue weighted by Gasteiger charge is -2.16. The standard InChI is InChI=1S/C23H15F3N2O3/c24-23(25,26)16-7-3-6-14(11-16)17-8-2-1-5-15(17)12-28-13-18(22(30)31)21(29)20-19(28)9-4-10-27-20/h1-11,13H,12H2,(H,30,31). The van der Waals surface area contributed by atoms with Gasteiger partial charge in [-0.15, -0.1) is 0 Å². The van der Waals surface area contributed by atoms with Crippen LogP contribution in [0.25, 0.3) is 22.2 Å². The molecule has 4 aromatic rings. The molecule has 1 N–H and O–H groups in total. The summed E-state index contributed by atoms with van der Waals surface area (Å²) in [6, 6.07) is 15.2. The molecule has 0 fully saturated rings. The highest BCUT2D eigenvalue weighted by molar-refractivity contribution is 5.91. The highest BCUT2D eigenvalue weighted by Crippen LogP contribution is 2.33. The minimum absolute atomic E-state index is 0.0129. The first-order valence-corrected chi connectivity index (χ1v) is 9.22. The predicted octanol–water partition coefficient (Wildman–Crippen LogP) is 4.83. The Kier molecular flexibility index (Phi) is 5.06. The van der Waals surface area contributed by atoms with Gasteiger partial charge in [-0.05, 0) is 41.0 Å². The highest BCUT2D eigenvalue weighted by atomic mass is 19.4. The number of hydrogen-bond acceptors (Lipinski definition) is 3. The number of carboxylic acid groups (broad SMARTS) is 1. The van der Waals surface area contributed by atoms with Gasteiger partial charge in [0.1, 0.15) is 11.1 Å². The van der Waals surface area contributed by atoms with Gasteiger partial charge in [-0.25, -0.2) is 4.79 Å². The quantitative estimate of drug-likeness (QED) is 0.510. The molecule has 5 nitrogen and oxygen atoms in total. The fourth-order valence-electron chi connectivity index (χ4n) is 3.48. The fourth-order valence-corrected chi connectivity index (χ4v) is 3.48. The van der Waals surface area contributed by atoms with Crippen LogP contribution in [0.3, 0.4) is 0 Å². The first-order chi connectivity index (χ1) is 14.8. The first-order valence-electron chi connectivity index (χ1n) is 9.22. The normalized spacial score (nSPS) is 11.6. The number of hydrogen-bond donors (Lipinski definition) is 1. The van der Waals surface area contributed by atoms with E-state index in [0.717, 1.165) is 12.1 Å².